The summed E-state index contributed by atoms with van der Waals surface area (Å²) in [6.07, 6.45) is 4.18. The highest BCUT2D eigenvalue weighted by Gasteiger charge is 2.78. The predicted octanol–water partition coefficient (Wildman–Crippen LogP) is 5.53. The fraction of sp³-hybridized carbons (Fsp3) is 0.333. The Hall–Kier alpha value is -3.06. The van der Waals surface area contributed by atoms with Crippen LogP contribution in [0.25, 0.3) is 0 Å². The maximum atomic E-state index is 12.4. The molecule has 2 aromatic carbocycles. The van der Waals surface area contributed by atoms with Gasteiger partial charge in [-0.2, -0.15) is 5.26 Å². The highest BCUT2D eigenvalue weighted by atomic mass is 16.5. The Bertz CT molecular complexity index is 980. The minimum Gasteiger partial charge on any atom is -0.481 e. The Kier molecular flexibility index (Phi) is 4.27. The van der Waals surface area contributed by atoms with Crippen LogP contribution in [0.1, 0.15) is 38.2 Å². The number of carboxylic acids is 1. The minimum absolute atomic E-state index is 0.140. The standard InChI is InChI=1S/C24H23NO3/c1-23(2)21(13-16-11-12-16)24(23,22(26)27)20(15-25)17-7-6-10-19(14-17)28-18-8-4-3-5-9-18/h3-10,13-14,20-21H,11-12H2,1-2H3,(H,26,27). The van der Waals surface area contributed by atoms with Crippen molar-refractivity contribution < 1.29 is 14.6 Å². The molecule has 4 nitrogen and oxygen atoms in total. The topological polar surface area (TPSA) is 70.3 Å². The molecular formula is C24H23NO3. The lowest BCUT2D eigenvalue weighted by Gasteiger charge is -2.22. The van der Waals surface area contributed by atoms with Crippen LogP contribution >= 0.6 is 0 Å². The van der Waals surface area contributed by atoms with Crippen LogP contribution < -0.4 is 4.74 Å². The van der Waals surface area contributed by atoms with Crippen molar-refractivity contribution >= 4 is 5.97 Å². The van der Waals surface area contributed by atoms with Crippen LogP contribution in [0.5, 0.6) is 11.5 Å². The molecule has 0 spiro atoms. The number of allylic oxidation sites excluding steroid dienone is 2. The molecule has 3 unspecified atom stereocenters. The molecule has 2 aromatic rings. The first-order chi connectivity index (χ1) is 13.4. The Morgan fingerprint density at radius 2 is 1.86 bits per heavy atom. The number of hydrogen-bond acceptors (Lipinski definition) is 3. The van der Waals surface area contributed by atoms with E-state index in [0.717, 1.165) is 12.8 Å². The van der Waals surface area contributed by atoms with Gasteiger partial charge in [-0.1, -0.05) is 55.8 Å². The van der Waals surface area contributed by atoms with E-state index in [-0.39, 0.29) is 5.92 Å². The summed E-state index contributed by atoms with van der Waals surface area (Å²) in [6.45, 7) is 3.92. The first-order valence-corrected chi connectivity index (χ1v) is 9.56. The first kappa shape index (κ1) is 18.3. The number of aliphatic carboxylic acids is 1. The number of benzene rings is 2. The summed E-state index contributed by atoms with van der Waals surface area (Å²) >= 11 is 0. The molecule has 2 saturated carbocycles. The van der Waals surface area contributed by atoms with Gasteiger partial charge in [-0.15, -0.1) is 0 Å². The van der Waals surface area contributed by atoms with E-state index in [1.54, 1.807) is 6.07 Å². The zero-order valence-corrected chi connectivity index (χ0v) is 16.1. The molecule has 0 aromatic heterocycles. The second-order valence-corrected chi connectivity index (χ2v) is 8.25. The fourth-order valence-corrected chi connectivity index (χ4v) is 4.56. The maximum absolute atomic E-state index is 12.4. The average molecular weight is 373 g/mol. The molecule has 142 valence electrons. The van der Waals surface area contributed by atoms with E-state index in [9.17, 15) is 15.2 Å². The summed E-state index contributed by atoms with van der Waals surface area (Å²) in [7, 11) is 0. The third kappa shape index (κ3) is 2.79. The van der Waals surface area contributed by atoms with Crippen LogP contribution in [0.3, 0.4) is 0 Å². The summed E-state index contributed by atoms with van der Waals surface area (Å²) in [5, 5.41) is 20.2. The molecule has 0 amide bonds. The molecule has 4 heteroatoms. The Balaban J connectivity index is 1.70. The second kappa shape index (κ2) is 6.53. The van der Waals surface area contributed by atoms with E-state index in [2.05, 4.69) is 12.1 Å². The van der Waals surface area contributed by atoms with Crippen LogP contribution in [0.4, 0.5) is 0 Å². The number of ether oxygens (including phenoxy) is 1. The Labute approximate surface area is 165 Å². The number of carboxylic acid groups (broad SMARTS) is 1. The van der Waals surface area contributed by atoms with Gasteiger partial charge in [0, 0.05) is 5.92 Å². The van der Waals surface area contributed by atoms with Gasteiger partial charge in [-0.05, 0) is 48.1 Å². The van der Waals surface area contributed by atoms with E-state index in [4.69, 9.17) is 4.74 Å². The summed E-state index contributed by atoms with van der Waals surface area (Å²) in [5.74, 6) is -0.497. The number of nitrogens with zero attached hydrogens (tertiary/aromatic N) is 1. The second-order valence-electron chi connectivity index (χ2n) is 8.25. The van der Waals surface area contributed by atoms with Gasteiger partial charge in [-0.3, -0.25) is 4.79 Å². The molecule has 0 heterocycles. The average Bonchev–Trinajstić information content (AvgIpc) is 3.57. The highest BCUT2D eigenvalue weighted by Crippen LogP contribution is 2.75. The highest BCUT2D eigenvalue weighted by molar-refractivity contribution is 5.84. The molecule has 1 N–H and O–H groups in total. The SMILES string of the molecule is CC1(C)C(C=C2CC2)C1(C(=O)O)C(C#N)c1cccc(Oc2ccccc2)c1. The lowest BCUT2D eigenvalue weighted by Crippen LogP contribution is -2.28. The minimum atomic E-state index is -1.12. The molecule has 2 fully saturated rings. The van der Waals surface area contributed by atoms with Crippen LogP contribution in [-0.4, -0.2) is 11.1 Å². The summed E-state index contributed by atoms with van der Waals surface area (Å²) in [4.78, 5) is 12.4. The normalized spacial score (nSPS) is 25.3. The van der Waals surface area contributed by atoms with Gasteiger partial charge in [0.2, 0.25) is 0 Å². The molecular weight excluding hydrogens is 350 g/mol. The molecule has 0 radical (unpaired) electrons. The van der Waals surface area contributed by atoms with Crippen LogP contribution in [-0.2, 0) is 4.79 Å². The van der Waals surface area contributed by atoms with Crippen molar-refractivity contribution in [3.8, 4) is 17.6 Å². The van der Waals surface area contributed by atoms with E-state index >= 15 is 0 Å². The zero-order valence-electron chi connectivity index (χ0n) is 16.1. The molecule has 0 saturated heterocycles. The van der Waals surface area contributed by atoms with Crippen molar-refractivity contribution in [3.05, 3.63) is 71.8 Å². The number of nitriles is 1. The van der Waals surface area contributed by atoms with Gasteiger partial charge in [0.15, 0.2) is 0 Å². The largest absolute Gasteiger partial charge is 0.481 e. The lowest BCUT2D eigenvalue weighted by atomic mass is 9.78. The zero-order chi connectivity index (χ0) is 19.9. The van der Waals surface area contributed by atoms with E-state index in [1.807, 2.05) is 62.4 Å². The van der Waals surface area contributed by atoms with Crippen molar-refractivity contribution in [2.24, 2.45) is 16.7 Å². The molecule has 4 rings (SSSR count). The van der Waals surface area contributed by atoms with Gasteiger partial charge >= 0.3 is 5.97 Å². The number of carbonyl (C=O) groups is 1. The summed E-state index contributed by atoms with van der Waals surface area (Å²) < 4.78 is 5.89. The number of hydrogen-bond donors (Lipinski definition) is 1. The van der Waals surface area contributed by atoms with Gasteiger partial charge < -0.3 is 9.84 Å². The molecule has 0 bridgehead atoms. The molecule has 2 aliphatic rings. The smallest absolute Gasteiger partial charge is 0.312 e. The third-order valence-electron chi connectivity index (χ3n) is 6.30. The van der Waals surface area contributed by atoms with Gasteiger partial charge in [0.05, 0.1) is 12.0 Å². The first-order valence-electron chi connectivity index (χ1n) is 9.56. The van der Waals surface area contributed by atoms with Crippen LogP contribution in [0.2, 0.25) is 0 Å². The predicted molar refractivity (Wildman–Crippen MR) is 106 cm³/mol. The number of para-hydroxylation sites is 1. The summed E-state index contributed by atoms with van der Waals surface area (Å²) in [6, 6.07) is 19.0. The van der Waals surface area contributed by atoms with Crippen molar-refractivity contribution in [1.29, 1.82) is 5.26 Å². The Morgan fingerprint density at radius 3 is 2.46 bits per heavy atom. The van der Waals surface area contributed by atoms with Crippen LogP contribution in [0, 0.1) is 28.1 Å². The Morgan fingerprint density at radius 1 is 1.18 bits per heavy atom. The third-order valence-corrected chi connectivity index (χ3v) is 6.30. The number of rotatable bonds is 6. The van der Waals surface area contributed by atoms with Gasteiger partial charge in [0.25, 0.3) is 0 Å². The van der Waals surface area contributed by atoms with Crippen molar-refractivity contribution in [1.82, 2.24) is 0 Å². The van der Waals surface area contributed by atoms with Crippen molar-refractivity contribution in [2.45, 2.75) is 32.6 Å². The van der Waals surface area contributed by atoms with Crippen LogP contribution in [0.15, 0.2) is 66.2 Å². The molecule has 0 aliphatic heterocycles. The lowest BCUT2D eigenvalue weighted by molar-refractivity contribution is -0.145. The van der Waals surface area contributed by atoms with Gasteiger partial charge in [-0.25, -0.2) is 0 Å². The van der Waals surface area contributed by atoms with Crippen molar-refractivity contribution in [2.75, 3.05) is 0 Å². The molecule has 28 heavy (non-hydrogen) atoms. The van der Waals surface area contributed by atoms with Crippen molar-refractivity contribution in [3.63, 3.8) is 0 Å². The molecule has 3 atom stereocenters. The summed E-state index contributed by atoms with van der Waals surface area (Å²) in [5.41, 5.74) is 0.385. The molecule has 2 aliphatic carbocycles. The van der Waals surface area contributed by atoms with E-state index in [1.165, 1.54) is 5.57 Å². The van der Waals surface area contributed by atoms with Gasteiger partial charge in [0.1, 0.15) is 16.9 Å². The maximum Gasteiger partial charge on any atom is 0.312 e. The van der Waals surface area contributed by atoms with E-state index in [0.29, 0.717) is 17.1 Å². The quantitative estimate of drug-likeness (QED) is 0.676. The van der Waals surface area contributed by atoms with E-state index < -0.39 is 22.7 Å². The monoisotopic (exact) mass is 373 g/mol. The fourth-order valence-electron chi connectivity index (χ4n) is 4.56.